The molecule has 0 atom stereocenters. The van der Waals surface area contributed by atoms with E-state index in [0.29, 0.717) is 11.8 Å². The third-order valence-corrected chi connectivity index (χ3v) is 4.34. The predicted octanol–water partition coefficient (Wildman–Crippen LogP) is 5.54. The number of allylic oxidation sites excluding steroid dienone is 2. The van der Waals surface area contributed by atoms with Gasteiger partial charge in [0.15, 0.2) is 0 Å². The summed E-state index contributed by atoms with van der Waals surface area (Å²) >= 11 is 11.7. The molecule has 0 fully saturated rings. The van der Waals surface area contributed by atoms with Crippen LogP contribution in [0.4, 0.5) is 5.69 Å². The summed E-state index contributed by atoms with van der Waals surface area (Å²) in [6.07, 6.45) is 6.56. The second-order valence-corrected chi connectivity index (χ2v) is 6.23. The minimum absolute atomic E-state index is 0.601. The summed E-state index contributed by atoms with van der Waals surface area (Å²) in [6.45, 7) is 1.62. The molecule has 0 N–H and O–H groups in total. The zero-order valence-electron chi connectivity index (χ0n) is 12.9. The molecular formula is C20H19Cl2N. The molecule has 3 heteroatoms. The first-order chi connectivity index (χ1) is 11.3. The van der Waals surface area contributed by atoms with Crippen molar-refractivity contribution in [2.75, 3.05) is 29.7 Å². The van der Waals surface area contributed by atoms with Crippen molar-refractivity contribution >= 4 is 46.6 Å². The van der Waals surface area contributed by atoms with Crippen LogP contribution in [0.5, 0.6) is 0 Å². The van der Waals surface area contributed by atoms with Gasteiger partial charge in [-0.1, -0.05) is 48.6 Å². The van der Waals surface area contributed by atoms with E-state index in [1.165, 1.54) is 22.3 Å². The Kier molecular flexibility index (Phi) is 5.43. The molecule has 0 unspecified atom stereocenters. The summed E-state index contributed by atoms with van der Waals surface area (Å²) in [5, 5.41) is 0. The molecule has 0 amide bonds. The fraction of sp³-hybridized carbons (Fsp3) is 0.200. The number of fused-ring (bicyclic) bond motifs is 1. The highest BCUT2D eigenvalue weighted by atomic mass is 35.5. The lowest BCUT2D eigenvalue weighted by atomic mass is 10.0. The van der Waals surface area contributed by atoms with Crippen LogP contribution >= 0.6 is 23.2 Å². The number of benzene rings is 2. The maximum Gasteiger partial charge on any atom is 0.0399 e. The first-order valence-electron chi connectivity index (χ1n) is 7.78. The van der Waals surface area contributed by atoms with Crippen LogP contribution in [0.25, 0.3) is 17.7 Å². The van der Waals surface area contributed by atoms with E-state index in [2.05, 4.69) is 71.7 Å². The van der Waals surface area contributed by atoms with E-state index in [9.17, 15) is 0 Å². The number of anilines is 1. The molecule has 0 saturated heterocycles. The van der Waals surface area contributed by atoms with Gasteiger partial charge in [-0.05, 0) is 40.5 Å². The molecule has 0 radical (unpaired) electrons. The van der Waals surface area contributed by atoms with E-state index in [1.807, 2.05) is 0 Å². The van der Waals surface area contributed by atoms with Crippen LogP contribution in [0.15, 0.2) is 54.6 Å². The lowest BCUT2D eigenvalue weighted by Gasteiger charge is -2.22. The number of hydrogen-bond donors (Lipinski definition) is 0. The van der Waals surface area contributed by atoms with Crippen LogP contribution in [0.3, 0.4) is 0 Å². The first kappa shape index (κ1) is 16.2. The Labute approximate surface area is 147 Å². The topological polar surface area (TPSA) is 3.24 Å². The third kappa shape index (κ3) is 3.80. The van der Waals surface area contributed by atoms with Gasteiger partial charge in [-0.25, -0.2) is 0 Å². The normalized spacial score (nSPS) is 14.3. The van der Waals surface area contributed by atoms with E-state index in [4.69, 9.17) is 23.2 Å². The molecule has 1 nitrogen and oxygen atoms in total. The van der Waals surface area contributed by atoms with Crippen LogP contribution in [0.1, 0.15) is 16.7 Å². The van der Waals surface area contributed by atoms with Crippen LogP contribution < -0.4 is 4.90 Å². The SMILES string of the molecule is ClCCN(CCCl)c1ccc(C=C2C=Cc3ccccc32)cc1. The molecule has 2 aromatic carbocycles. The lowest BCUT2D eigenvalue weighted by Crippen LogP contribution is -2.27. The highest BCUT2D eigenvalue weighted by molar-refractivity contribution is 6.18. The average Bonchev–Trinajstić information content (AvgIpc) is 2.99. The third-order valence-electron chi connectivity index (χ3n) is 4.00. The Bertz CT molecular complexity index is 711. The molecule has 0 aromatic heterocycles. The van der Waals surface area contributed by atoms with Crippen LogP contribution in [-0.2, 0) is 0 Å². The number of alkyl halides is 2. The molecule has 0 bridgehead atoms. The number of hydrogen-bond acceptors (Lipinski definition) is 1. The van der Waals surface area contributed by atoms with Gasteiger partial charge in [0.05, 0.1) is 0 Å². The monoisotopic (exact) mass is 343 g/mol. The largest absolute Gasteiger partial charge is 0.369 e. The smallest absolute Gasteiger partial charge is 0.0399 e. The maximum atomic E-state index is 5.87. The standard InChI is InChI=1S/C20H19Cl2N/c21-11-13-23(14-12-22)19-9-5-16(6-10-19)15-18-8-7-17-3-1-2-4-20(17)18/h1-10,15H,11-14H2. The summed E-state index contributed by atoms with van der Waals surface area (Å²) in [7, 11) is 0. The molecule has 0 heterocycles. The Balaban J connectivity index is 1.81. The van der Waals surface area contributed by atoms with Gasteiger partial charge in [-0.3, -0.25) is 0 Å². The van der Waals surface area contributed by atoms with Gasteiger partial charge in [0.1, 0.15) is 0 Å². The average molecular weight is 344 g/mol. The van der Waals surface area contributed by atoms with E-state index < -0.39 is 0 Å². The van der Waals surface area contributed by atoms with Gasteiger partial charge < -0.3 is 4.90 Å². The summed E-state index contributed by atoms with van der Waals surface area (Å²) in [5.41, 5.74) is 6.19. The highest BCUT2D eigenvalue weighted by Gasteiger charge is 2.09. The van der Waals surface area contributed by atoms with Crippen molar-refractivity contribution in [1.29, 1.82) is 0 Å². The highest BCUT2D eigenvalue weighted by Crippen LogP contribution is 2.30. The van der Waals surface area contributed by atoms with Gasteiger partial charge in [-0.15, -0.1) is 23.2 Å². The summed E-state index contributed by atoms with van der Waals surface area (Å²) < 4.78 is 0. The molecule has 3 rings (SSSR count). The summed E-state index contributed by atoms with van der Waals surface area (Å²) in [4.78, 5) is 2.21. The predicted molar refractivity (Wildman–Crippen MR) is 103 cm³/mol. The minimum atomic E-state index is 0.601. The molecule has 1 aliphatic rings. The molecule has 1 aliphatic carbocycles. The second-order valence-electron chi connectivity index (χ2n) is 5.48. The van der Waals surface area contributed by atoms with Crippen LogP contribution in [0, 0.1) is 0 Å². The lowest BCUT2D eigenvalue weighted by molar-refractivity contribution is 0.874. The minimum Gasteiger partial charge on any atom is -0.369 e. The van der Waals surface area contributed by atoms with Crippen molar-refractivity contribution in [2.24, 2.45) is 0 Å². The van der Waals surface area contributed by atoms with Crippen molar-refractivity contribution in [1.82, 2.24) is 0 Å². The van der Waals surface area contributed by atoms with E-state index in [0.717, 1.165) is 18.8 Å². The van der Waals surface area contributed by atoms with Crippen molar-refractivity contribution in [3.8, 4) is 0 Å². The number of nitrogens with zero attached hydrogens (tertiary/aromatic N) is 1. The quantitative estimate of drug-likeness (QED) is 0.622. The molecule has 0 spiro atoms. The van der Waals surface area contributed by atoms with E-state index in [-0.39, 0.29) is 0 Å². The fourth-order valence-corrected chi connectivity index (χ4v) is 3.24. The molecular weight excluding hydrogens is 325 g/mol. The van der Waals surface area contributed by atoms with Gasteiger partial charge in [0.2, 0.25) is 0 Å². The summed E-state index contributed by atoms with van der Waals surface area (Å²) in [6, 6.07) is 17.0. The Morgan fingerprint density at radius 1 is 0.826 bits per heavy atom. The van der Waals surface area contributed by atoms with Gasteiger partial charge in [0.25, 0.3) is 0 Å². The Hall–Kier alpha value is -1.70. The van der Waals surface area contributed by atoms with Gasteiger partial charge >= 0.3 is 0 Å². The number of rotatable bonds is 6. The van der Waals surface area contributed by atoms with E-state index in [1.54, 1.807) is 0 Å². The molecule has 118 valence electrons. The number of halogens is 2. The van der Waals surface area contributed by atoms with Gasteiger partial charge in [-0.2, -0.15) is 0 Å². The zero-order valence-corrected chi connectivity index (χ0v) is 14.4. The fourth-order valence-electron chi connectivity index (χ4n) is 2.84. The van der Waals surface area contributed by atoms with Crippen molar-refractivity contribution in [3.05, 3.63) is 71.3 Å². The maximum absolute atomic E-state index is 5.87. The first-order valence-corrected chi connectivity index (χ1v) is 8.85. The molecule has 23 heavy (non-hydrogen) atoms. The zero-order chi connectivity index (χ0) is 16.1. The Morgan fingerprint density at radius 2 is 1.52 bits per heavy atom. The van der Waals surface area contributed by atoms with Crippen LogP contribution in [-0.4, -0.2) is 24.8 Å². The summed E-state index contributed by atoms with van der Waals surface area (Å²) in [5.74, 6) is 1.20. The van der Waals surface area contributed by atoms with Crippen molar-refractivity contribution < 1.29 is 0 Å². The van der Waals surface area contributed by atoms with Gasteiger partial charge in [0, 0.05) is 30.5 Å². The molecule has 2 aromatic rings. The van der Waals surface area contributed by atoms with E-state index >= 15 is 0 Å². The molecule has 0 aliphatic heterocycles. The van der Waals surface area contributed by atoms with Crippen LogP contribution in [0.2, 0.25) is 0 Å². The second kappa shape index (κ2) is 7.72. The van der Waals surface area contributed by atoms with Crippen molar-refractivity contribution in [2.45, 2.75) is 0 Å². The van der Waals surface area contributed by atoms with Crippen molar-refractivity contribution in [3.63, 3.8) is 0 Å². The molecule has 0 saturated carbocycles. The Morgan fingerprint density at radius 3 is 2.22 bits per heavy atom.